The van der Waals surface area contributed by atoms with Gasteiger partial charge in [0.1, 0.15) is 11.6 Å². The predicted molar refractivity (Wildman–Crippen MR) is 80.7 cm³/mol. The van der Waals surface area contributed by atoms with E-state index < -0.39 is 11.6 Å². The first-order chi connectivity index (χ1) is 8.90. The van der Waals surface area contributed by atoms with Gasteiger partial charge < -0.3 is 0 Å². The molecular weight excluding hydrogens is 378 g/mol. The van der Waals surface area contributed by atoms with Crippen molar-refractivity contribution in [2.75, 3.05) is 0 Å². The quantitative estimate of drug-likeness (QED) is 0.567. The fraction of sp³-hybridized carbons (Fsp3) is 0.200. The van der Waals surface area contributed by atoms with Crippen LogP contribution in [0, 0.1) is 25.5 Å². The van der Waals surface area contributed by atoms with E-state index in [-0.39, 0.29) is 4.83 Å². The van der Waals surface area contributed by atoms with Gasteiger partial charge in [-0.2, -0.15) is 0 Å². The lowest BCUT2D eigenvalue weighted by atomic mass is 10.0. The lowest BCUT2D eigenvalue weighted by Gasteiger charge is -2.15. The topological polar surface area (TPSA) is 0 Å². The van der Waals surface area contributed by atoms with E-state index in [4.69, 9.17) is 0 Å². The van der Waals surface area contributed by atoms with Crippen LogP contribution in [0.3, 0.4) is 0 Å². The van der Waals surface area contributed by atoms with Gasteiger partial charge in [0.2, 0.25) is 0 Å². The molecule has 1 atom stereocenters. The molecule has 100 valence electrons. The van der Waals surface area contributed by atoms with Crippen LogP contribution in [0.25, 0.3) is 0 Å². The number of benzene rings is 2. The van der Waals surface area contributed by atoms with E-state index in [1.54, 1.807) is 13.0 Å². The average molecular weight is 390 g/mol. The second kappa shape index (κ2) is 5.71. The van der Waals surface area contributed by atoms with Gasteiger partial charge in [-0.05, 0) is 37.1 Å². The fourth-order valence-corrected chi connectivity index (χ4v) is 3.41. The Balaban J connectivity index is 2.52. The number of hydrogen-bond acceptors (Lipinski definition) is 0. The van der Waals surface area contributed by atoms with Gasteiger partial charge in [0.25, 0.3) is 0 Å². The number of halogens is 4. The third kappa shape index (κ3) is 3.06. The Morgan fingerprint density at radius 2 is 1.63 bits per heavy atom. The molecule has 0 radical (unpaired) electrons. The number of alkyl halides is 1. The molecule has 0 aliphatic carbocycles. The SMILES string of the molecule is Cc1ccc(Br)c(C(Br)c2cc(C)c(F)cc2F)c1. The van der Waals surface area contributed by atoms with Gasteiger partial charge in [-0.3, -0.25) is 0 Å². The summed E-state index contributed by atoms with van der Waals surface area (Å²) in [6.45, 7) is 3.60. The Labute approximate surface area is 128 Å². The third-order valence-corrected chi connectivity index (χ3v) is 4.68. The smallest absolute Gasteiger partial charge is 0.130 e. The molecule has 2 rings (SSSR count). The third-order valence-electron chi connectivity index (χ3n) is 2.98. The normalized spacial score (nSPS) is 12.5. The van der Waals surface area contributed by atoms with E-state index in [2.05, 4.69) is 31.9 Å². The highest BCUT2D eigenvalue weighted by atomic mass is 79.9. The fourth-order valence-electron chi connectivity index (χ4n) is 1.90. The van der Waals surface area contributed by atoms with E-state index >= 15 is 0 Å². The minimum absolute atomic E-state index is 0.318. The summed E-state index contributed by atoms with van der Waals surface area (Å²) in [6, 6.07) is 8.34. The first-order valence-corrected chi connectivity index (χ1v) is 7.46. The molecule has 4 heteroatoms. The van der Waals surface area contributed by atoms with Crippen LogP contribution in [0.4, 0.5) is 8.78 Å². The van der Waals surface area contributed by atoms with Gasteiger partial charge >= 0.3 is 0 Å². The van der Waals surface area contributed by atoms with Crippen molar-refractivity contribution in [3.05, 3.63) is 68.7 Å². The zero-order valence-corrected chi connectivity index (χ0v) is 13.6. The van der Waals surface area contributed by atoms with Crippen LogP contribution >= 0.6 is 31.9 Å². The zero-order valence-electron chi connectivity index (χ0n) is 10.5. The monoisotopic (exact) mass is 388 g/mol. The minimum Gasteiger partial charge on any atom is -0.207 e. The molecule has 2 aromatic carbocycles. The highest BCUT2D eigenvalue weighted by molar-refractivity contribution is 9.11. The number of aryl methyl sites for hydroxylation is 2. The minimum atomic E-state index is -0.543. The van der Waals surface area contributed by atoms with Crippen LogP contribution in [0.1, 0.15) is 27.1 Å². The summed E-state index contributed by atoms with van der Waals surface area (Å²) in [7, 11) is 0. The van der Waals surface area contributed by atoms with Crippen molar-refractivity contribution in [3.63, 3.8) is 0 Å². The molecule has 0 saturated carbocycles. The summed E-state index contributed by atoms with van der Waals surface area (Å²) >= 11 is 6.96. The molecule has 0 aromatic heterocycles. The van der Waals surface area contributed by atoms with Crippen molar-refractivity contribution in [3.8, 4) is 0 Å². The summed E-state index contributed by atoms with van der Waals surface area (Å²) < 4.78 is 28.1. The van der Waals surface area contributed by atoms with E-state index in [1.165, 1.54) is 0 Å². The van der Waals surface area contributed by atoms with Crippen LogP contribution in [0.2, 0.25) is 0 Å². The second-order valence-corrected chi connectivity index (χ2v) is 6.28. The van der Waals surface area contributed by atoms with Gasteiger partial charge in [-0.15, -0.1) is 0 Å². The summed E-state index contributed by atoms with van der Waals surface area (Å²) in [4.78, 5) is -0.318. The van der Waals surface area contributed by atoms with Gasteiger partial charge in [0.05, 0.1) is 4.83 Å². The van der Waals surface area contributed by atoms with Crippen LogP contribution in [-0.4, -0.2) is 0 Å². The Hall–Kier alpha value is -0.740. The van der Waals surface area contributed by atoms with Gasteiger partial charge in [-0.25, -0.2) is 8.78 Å². The Morgan fingerprint density at radius 1 is 0.947 bits per heavy atom. The van der Waals surface area contributed by atoms with Gasteiger partial charge in [-0.1, -0.05) is 49.6 Å². The van der Waals surface area contributed by atoms with Crippen molar-refractivity contribution in [1.29, 1.82) is 0 Å². The largest absolute Gasteiger partial charge is 0.207 e. The first-order valence-electron chi connectivity index (χ1n) is 5.76. The average Bonchev–Trinajstić information content (AvgIpc) is 2.36. The molecule has 0 nitrogen and oxygen atoms in total. The van der Waals surface area contributed by atoms with E-state index in [0.717, 1.165) is 21.7 Å². The van der Waals surface area contributed by atoms with Crippen LogP contribution in [0.5, 0.6) is 0 Å². The van der Waals surface area contributed by atoms with Crippen molar-refractivity contribution in [1.82, 2.24) is 0 Å². The first kappa shape index (κ1) is 14.7. The molecule has 0 spiro atoms. The summed E-state index contributed by atoms with van der Waals surface area (Å²) in [5, 5.41) is 0. The van der Waals surface area contributed by atoms with Crippen molar-refractivity contribution in [2.45, 2.75) is 18.7 Å². The molecule has 0 aliphatic heterocycles. The lowest BCUT2D eigenvalue weighted by molar-refractivity contribution is 0.569. The number of hydrogen-bond donors (Lipinski definition) is 0. The summed E-state index contributed by atoms with van der Waals surface area (Å²) in [5.74, 6) is -1.07. The zero-order chi connectivity index (χ0) is 14.2. The lowest BCUT2D eigenvalue weighted by Crippen LogP contribution is -2.00. The van der Waals surface area contributed by atoms with Crippen molar-refractivity contribution >= 4 is 31.9 Å². The van der Waals surface area contributed by atoms with Crippen LogP contribution < -0.4 is 0 Å². The molecule has 0 aliphatic rings. The molecule has 0 saturated heterocycles. The molecule has 0 N–H and O–H groups in total. The summed E-state index contributed by atoms with van der Waals surface area (Å²) in [6.07, 6.45) is 0. The molecule has 0 bridgehead atoms. The molecular formula is C15H12Br2F2. The van der Waals surface area contributed by atoms with E-state index in [1.807, 2.05) is 25.1 Å². The molecule has 19 heavy (non-hydrogen) atoms. The van der Waals surface area contributed by atoms with Crippen LogP contribution in [0.15, 0.2) is 34.8 Å². The van der Waals surface area contributed by atoms with E-state index in [0.29, 0.717) is 11.1 Å². The number of rotatable bonds is 2. The van der Waals surface area contributed by atoms with Gasteiger partial charge in [0.15, 0.2) is 0 Å². The Bertz CT molecular complexity index is 624. The standard InChI is InChI=1S/C15H12Br2F2/c1-8-3-4-12(16)10(5-8)15(17)11-6-9(2)13(18)7-14(11)19/h3-7,15H,1-2H3. The molecule has 0 amide bonds. The highest BCUT2D eigenvalue weighted by Crippen LogP contribution is 2.37. The van der Waals surface area contributed by atoms with Gasteiger partial charge in [0, 0.05) is 16.1 Å². The van der Waals surface area contributed by atoms with Crippen LogP contribution in [-0.2, 0) is 0 Å². The highest BCUT2D eigenvalue weighted by Gasteiger charge is 2.19. The second-order valence-electron chi connectivity index (χ2n) is 4.51. The maximum atomic E-state index is 13.9. The van der Waals surface area contributed by atoms with Crippen molar-refractivity contribution in [2.24, 2.45) is 0 Å². The molecule has 0 fully saturated rings. The molecule has 1 unspecified atom stereocenters. The van der Waals surface area contributed by atoms with Crippen molar-refractivity contribution < 1.29 is 8.78 Å². The van der Waals surface area contributed by atoms with E-state index in [9.17, 15) is 8.78 Å². The molecule has 0 heterocycles. The Kier molecular flexibility index (Phi) is 4.41. The predicted octanol–water partition coefficient (Wildman–Crippen LogP) is 5.83. The molecule has 2 aromatic rings. The maximum absolute atomic E-state index is 13.9. The summed E-state index contributed by atoms with van der Waals surface area (Å²) in [5.41, 5.74) is 2.88. The Morgan fingerprint density at radius 3 is 2.32 bits per heavy atom. The maximum Gasteiger partial charge on any atom is 0.130 e.